The second-order valence-corrected chi connectivity index (χ2v) is 3.19. The summed E-state index contributed by atoms with van der Waals surface area (Å²) in [5.41, 5.74) is 0. The van der Waals surface area contributed by atoms with Gasteiger partial charge in [0, 0.05) is 0 Å². The molecule has 0 fully saturated rings. The van der Waals surface area contributed by atoms with Gasteiger partial charge in [-0.1, -0.05) is 12.1 Å². The highest BCUT2D eigenvalue weighted by atomic mass is 32.3. The van der Waals surface area contributed by atoms with Gasteiger partial charge in [-0.2, -0.15) is 8.42 Å². The van der Waals surface area contributed by atoms with E-state index < -0.39 is 10.4 Å². The first kappa shape index (κ1) is 10.5. The molecule has 0 radical (unpaired) electrons. The van der Waals surface area contributed by atoms with Crippen LogP contribution in [0.25, 0.3) is 0 Å². The molecule has 0 aliphatic heterocycles. The van der Waals surface area contributed by atoms with Gasteiger partial charge in [0.25, 0.3) is 6.47 Å². The largest absolute Gasteiger partial charge is 0.446 e. The highest BCUT2D eigenvalue weighted by Gasteiger charge is 2.11. The van der Waals surface area contributed by atoms with E-state index in [1.807, 2.05) is 0 Å². The van der Waals surface area contributed by atoms with Crippen molar-refractivity contribution in [1.29, 1.82) is 0 Å². The number of carbonyl (C=O) groups is 1. The van der Waals surface area contributed by atoms with Crippen LogP contribution < -0.4 is 8.92 Å². The van der Waals surface area contributed by atoms with Gasteiger partial charge < -0.3 is 8.92 Å². The van der Waals surface area contributed by atoms with Crippen LogP contribution in [0.3, 0.4) is 0 Å². The smallest absolute Gasteiger partial charge is 0.425 e. The van der Waals surface area contributed by atoms with Crippen molar-refractivity contribution in [2.45, 2.75) is 0 Å². The topological polar surface area (TPSA) is 89.9 Å². The zero-order valence-electron chi connectivity index (χ0n) is 6.78. The fourth-order valence-corrected chi connectivity index (χ4v) is 1.15. The van der Waals surface area contributed by atoms with Gasteiger partial charge in [0.05, 0.1) is 0 Å². The Kier molecular flexibility index (Phi) is 3.05. The van der Waals surface area contributed by atoms with Crippen LogP contribution in [0, 0.1) is 0 Å². The zero-order chi connectivity index (χ0) is 10.6. The highest BCUT2D eigenvalue weighted by molar-refractivity contribution is 7.81. The number of carbonyl (C=O) groups excluding carboxylic acids is 1. The minimum absolute atomic E-state index is 0.0971. The SMILES string of the molecule is O=COc1ccccc1OS(=O)(=O)O. The first-order chi connectivity index (χ1) is 6.53. The molecule has 0 bridgehead atoms. The van der Waals surface area contributed by atoms with Crippen molar-refractivity contribution in [3.63, 3.8) is 0 Å². The average Bonchev–Trinajstić information content (AvgIpc) is 2.06. The van der Waals surface area contributed by atoms with Crippen LogP contribution in [-0.4, -0.2) is 19.4 Å². The molecular weight excluding hydrogens is 212 g/mol. The average molecular weight is 218 g/mol. The molecular formula is C7H6O6S. The molecule has 1 rings (SSSR count). The van der Waals surface area contributed by atoms with Crippen LogP contribution in [0.4, 0.5) is 0 Å². The molecule has 0 spiro atoms. The first-order valence-electron chi connectivity index (χ1n) is 3.39. The van der Waals surface area contributed by atoms with Crippen molar-refractivity contribution in [3.8, 4) is 11.5 Å². The normalized spacial score (nSPS) is 10.6. The van der Waals surface area contributed by atoms with E-state index in [1.54, 1.807) is 0 Å². The zero-order valence-corrected chi connectivity index (χ0v) is 7.60. The molecule has 0 atom stereocenters. The summed E-state index contributed by atoms with van der Waals surface area (Å²) in [4.78, 5) is 10.0. The van der Waals surface area contributed by atoms with E-state index in [2.05, 4.69) is 8.92 Å². The van der Waals surface area contributed by atoms with Crippen molar-refractivity contribution < 1.29 is 26.7 Å². The maximum Gasteiger partial charge on any atom is 0.446 e. The van der Waals surface area contributed by atoms with Gasteiger partial charge in [0.1, 0.15) is 0 Å². The highest BCUT2D eigenvalue weighted by Crippen LogP contribution is 2.26. The lowest BCUT2D eigenvalue weighted by Crippen LogP contribution is -2.07. The van der Waals surface area contributed by atoms with Crippen molar-refractivity contribution in [2.75, 3.05) is 0 Å². The van der Waals surface area contributed by atoms with E-state index in [1.165, 1.54) is 24.3 Å². The Hall–Kier alpha value is -1.60. The molecule has 0 aliphatic carbocycles. The van der Waals surface area contributed by atoms with E-state index >= 15 is 0 Å². The number of hydrogen-bond acceptors (Lipinski definition) is 5. The lowest BCUT2D eigenvalue weighted by Gasteiger charge is -2.04. The van der Waals surface area contributed by atoms with Gasteiger partial charge in [-0.25, -0.2) is 0 Å². The molecule has 76 valence electrons. The summed E-state index contributed by atoms with van der Waals surface area (Å²) in [6.45, 7) is 0.117. The van der Waals surface area contributed by atoms with Gasteiger partial charge in [-0.05, 0) is 12.1 Å². The molecule has 0 heterocycles. The molecule has 6 nitrogen and oxygen atoms in total. The van der Waals surface area contributed by atoms with Gasteiger partial charge in [-0.15, -0.1) is 0 Å². The van der Waals surface area contributed by atoms with Crippen molar-refractivity contribution in [3.05, 3.63) is 24.3 Å². The van der Waals surface area contributed by atoms with Gasteiger partial charge in [0.15, 0.2) is 11.5 Å². The molecule has 0 saturated heterocycles. The summed E-state index contributed by atoms with van der Waals surface area (Å²) in [6, 6.07) is 5.51. The second kappa shape index (κ2) is 4.07. The third-order valence-corrected chi connectivity index (χ3v) is 1.61. The summed E-state index contributed by atoms with van der Waals surface area (Å²) in [5, 5.41) is 0. The van der Waals surface area contributed by atoms with Crippen LogP contribution in [0.15, 0.2) is 24.3 Å². The van der Waals surface area contributed by atoms with Crippen molar-refractivity contribution in [1.82, 2.24) is 0 Å². The van der Waals surface area contributed by atoms with Crippen LogP contribution in [-0.2, 0) is 15.2 Å². The summed E-state index contributed by atoms with van der Waals surface area (Å²) >= 11 is 0. The molecule has 1 N–H and O–H groups in total. The number of hydrogen-bond donors (Lipinski definition) is 1. The van der Waals surface area contributed by atoms with Crippen LogP contribution in [0.5, 0.6) is 11.5 Å². The summed E-state index contributed by atoms with van der Waals surface area (Å²) in [5.74, 6) is -0.359. The standard InChI is InChI=1S/C7H6O6S/c8-5-12-6-3-1-2-4-7(6)13-14(9,10)11/h1-5H,(H,9,10,11). The first-order valence-corrected chi connectivity index (χ1v) is 4.75. The Morgan fingerprint density at radius 1 is 1.21 bits per heavy atom. The number of rotatable bonds is 4. The lowest BCUT2D eigenvalue weighted by molar-refractivity contribution is -0.120. The Balaban J connectivity index is 3.01. The molecule has 0 saturated carbocycles. The van der Waals surface area contributed by atoms with E-state index in [0.29, 0.717) is 0 Å². The predicted octanol–water partition coefficient (Wildman–Crippen LogP) is 0.403. The molecule has 0 aliphatic rings. The summed E-state index contributed by atoms with van der Waals surface area (Å²) < 4.78 is 37.6. The second-order valence-electron chi connectivity index (χ2n) is 2.17. The summed E-state index contributed by atoms with van der Waals surface area (Å²) in [6.07, 6.45) is 0. The Bertz CT molecular complexity index is 424. The Morgan fingerprint density at radius 2 is 1.79 bits per heavy atom. The molecule has 1 aromatic rings. The fraction of sp³-hybridized carbons (Fsp3) is 0. The minimum Gasteiger partial charge on any atom is -0.425 e. The third-order valence-electron chi connectivity index (χ3n) is 1.22. The van der Waals surface area contributed by atoms with Crippen molar-refractivity contribution >= 4 is 16.9 Å². The van der Waals surface area contributed by atoms with Gasteiger partial charge >= 0.3 is 10.4 Å². The fourth-order valence-electron chi connectivity index (χ4n) is 0.782. The maximum atomic E-state index is 10.3. The van der Waals surface area contributed by atoms with Crippen LogP contribution >= 0.6 is 0 Å². The third kappa shape index (κ3) is 3.04. The van der Waals surface area contributed by atoms with E-state index in [0.717, 1.165) is 0 Å². The molecule has 1 aromatic carbocycles. The predicted molar refractivity (Wildman–Crippen MR) is 45.3 cm³/mol. The summed E-state index contributed by atoms with van der Waals surface area (Å²) in [7, 11) is -4.61. The molecule has 0 unspecified atom stereocenters. The molecule has 14 heavy (non-hydrogen) atoms. The monoisotopic (exact) mass is 218 g/mol. The maximum absolute atomic E-state index is 10.3. The van der Waals surface area contributed by atoms with E-state index in [-0.39, 0.29) is 18.0 Å². The van der Waals surface area contributed by atoms with Gasteiger partial charge in [0.2, 0.25) is 0 Å². The van der Waals surface area contributed by atoms with Crippen LogP contribution in [0.2, 0.25) is 0 Å². The number of benzene rings is 1. The lowest BCUT2D eigenvalue weighted by atomic mass is 10.3. The number of para-hydroxylation sites is 2. The molecule has 0 amide bonds. The Morgan fingerprint density at radius 3 is 2.29 bits per heavy atom. The number of ether oxygens (including phenoxy) is 1. The minimum atomic E-state index is -4.61. The molecule has 0 aromatic heterocycles. The van der Waals surface area contributed by atoms with E-state index in [4.69, 9.17) is 4.55 Å². The van der Waals surface area contributed by atoms with Gasteiger partial charge in [-0.3, -0.25) is 9.35 Å². The van der Waals surface area contributed by atoms with Crippen LogP contribution in [0.1, 0.15) is 0 Å². The van der Waals surface area contributed by atoms with E-state index in [9.17, 15) is 13.2 Å². The Labute approximate surface area is 80.0 Å². The molecule has 7 heteroatoms. The van der Waals surface area contributed by atoms with Crippen molar-refractivity contribution in [2.24, 2.45) is 0 Å². The quantitative estimate of drug-likeness (QED) is 0.581.